The molecule has 2 aliphatic heterocycles. The molecule has 4 rings (SSSR count). The summed E-state index contributed by atoms with van der Waals surface area (Å²) >= 11 is 1.36. The number of amides is 2. The first-order valence-corrected chi connectivity index (χ1v) is 10.2. The van der Waals surface area contributed by atoms with Crippen LogP contribution in [0.15, 0.2) is 10.9 Å². The van der Waals surface area contributed by atoms with Gasteiger partial charge in [0.05, 0.1) is 11.6 Å². The van der Waals surface area contributed by atoms with Crippen LogP contribution < -0.4 is 10.5 Å². The molecule has 0 bridgehead atoms. The van der Waals surface area contributed by atoms with Crippen LogP contribution in [0.3, 0.4) is 0 Å². The summed E-state index contributed by atoms with van der Waals surface area (Å²) in [6.07, 6.45) is 1.75. The lowest BCUT2D eigenvalue weighted by molar-refractivity contribution is -0.136. The molecule has 2 amide bonds. The number of aromatic amines is 1. The predicted molar refractivity (Wildman–Crippen MR) is 103 cm³/mol. The Labute approximate surface area is 165 Å². The summed E-state index contributed by atoms with van der Waals surface area (Å²) in [6.45, 7) is 5.19. The molecular formula is C18H22N6O3S. The van der Waals surface area contributed by atoms with Crippen LogP contribution in [0.4, 0.5) is 5.13 Å². The van der Waals surface area contributed by atoms with Crippen molar-refractivity contribution in [2.45, 2.75) is 39.0 Å². The molecule has 1 unspecified atom stereocenters. The monoisotopic (exact) mass is 402 g/mol. The van der Waals surface area contributed by atoms with E-state index in [1.165, 1.54) is 11.3 Å². The maximum atomic E-state index is 12.9. The second-order valence-electron chi connectivity index (χ2n) is 7.36. The molecule has 148 valence electrons. The molecule has 0 radical (unpaired) electrons. The Kier molecular flexibility index (Phi) is 4.96. The van der Waals surface area contributed by atoms with Crippen LogP contribution in [-0.4, -0.2) is 56.5 Å². The second kappa shape index (κ2) is 7.42. The normalized spacial score (nSPS) is 20.8. The minimum Gasteiger partial charge on any atom is -0.342 e. The van der Waals surface area contributed by atoms with E-state index in [-0.39, 0.29) is 35.6 Å². The highest BCUT2D eigenvalue weighted by Gasteiger charge is 2.39. The lowest BCUT2D eigenvalue weighted by atomic mass is 9.92. The first kappa shape index (κ1) is 18.7. The van der Waals surface area contributed by atoms with Crippen LogP contribution in [0.1, 0.15) is 41.7 Å². The van der Waals surface area contributed by atoms with Crippen molar-refractivity contribution in [1.82, 2.24) is 25.1 Å². The molecular weight excluding hydrogens is 380 g/mol. The summed E-state index contributed by atoms with van der Waals surface area (Å²) in [6, 6.07) is 1.55. The zero-order chi connectivity index (χ0) is 19.8. The summed E-state index contributed by atoms with van der Waals surface area (Å²) in [5.74, 6) is 0.389. The Balaban J connectivity index is 1.38. The Hall–Kier alpha value is -2.62. The lowest BCUT2D eigenvalue weighted by Gasteiger charge is -2.33. The van der Waals surface area contributed by atoms with Crippen molar-refractivity contribution in [1.29, 1.82) is 0 Å². The molecule has 0 saturated carbocycles. The topological polar surface area (TPSA) is 112 Å². The van der Waals surface area contributed by atoms with E-state index in [9.17, 15) is 14.4 Å². The number of likely N-dealkylation sites (tertiary alicyclic amines) is 1. The first-order valence-electron chi connectivity index (χ1n) is 9.38. The number of piperidine rings is 1. The van der Waals surface area contributed by atoms with E-state index in [1.54, 1.807) is 17.9 Å². The van der Waals surface area contributed by atoms with Crippen LogP contribution in [0.25, 0.3) is 0 Å². The highest BCUT2D eigenvalue weighted by atomic mass is 32.1. The van der Waals surface area contributed by atoms with Crippen molar-refractivity contribution >= 4 is 28.3 Å². The molecule has 4 heterocycles. The Morgan fingerprint density at radius 2 is 1.96 bits per heavy atom. The van der Waals surface area contributed by atoms with E-state index < -0.39 is 0 Å². The zero-order valence-corrected chi connectivity index (χ0v) is 16.7. The molecule has 28 heavy (non-hydrogen) atoms. The second-order valence-corrected chi connectivity index (χ2v) is 8.52. The van der Waals surface area contributed by atoms with Crippen LogP contribution in [0.5, 0.6) is 0 Å². The molecule has 2 aromatic rings. The minimum absolute atomic E-state index is 0.0191. The van der Waals surface area contributed by atoms with E-state index in [2.05, 4.69) is 20.2 Å². The number of hydrogen-bond acceptors (Lipinski definition) is 7. The lowest BCUT2D eigenvalue weighted by Crippen LogP contribution is -2.42. The van der Waals surface area contributed by atoms with Gasteiger partial charge in [-0.2, -0.15) is 0 Å². The number of H-pyrrole nitrogens is 1. The quantitative estimate of drug-likeness (QED) is 0.820. The van der Waals surface area contributed by atoms with Crippen LogP contribution >= 0.6 is 11.3 Å². The number of carbonyl (C=O) groups excluding carboxylic acids is 2. The van der Waals surface area contributed by atoms with Gasteiger partial charge in [-0.05, 0) is 26.7 Å². The van der Waals surface area contributed by atoms with Gasteiger partial charge in [0.1, 0.15) is 10.8 Å². The van der Waals surface area contributed by atoms with Gasteiger partial charge in [0.25, 0.3) is 5.56 Å². The number of aryl methyl sites for hydroxylation is 2. The van der Waals surface area contributed by atoms with Crippen molar-refractivity contribution in [2.24, 2.45) is 5.92 Å². The maximum Gasteiger partial charge on any atom is 0.251 e. The Morgan fingerprint density at radius 3 is 2.61 bits per heavy atom. The molecule has 2 fully saturated rings. The largest absolute Gasteiger partial charge is 0.342 e. The number of rotatable bonds is 3. The van der Waals surface area contributed by atoms with Gasteiger partial charge in [-0.3, -0.25) is 19.3 Å². The van der Waals surface area contributed by atoms with Crippen molar-refractivity contribution in [3.63, 3.8) is 0 Å². The molecule has 2 saturated heterocycles. The van der Waals surface area contributed by atoms with Gasteiger partial charge in [0, 0.05) is 38.0 Å². The number of aromatic nitrogens is 4. The molecule has 0 aliphatic carbocycles. The van der Waals surface area contributed by atoms with Gasteiger partial charge in [-0.25, -0.2) is 4.98 Å². The highest BCUT2D eigenvalue weighted by molar-refractivity contribution is 7.15. The van der Waals surface area contributed by atoms with E-state index in [0.29, 0.717) is 30.6 Å². The zero-order valence-electron chi connectivity index (χ0n) is 15.8. The molecule has 0 aromatic carbocycles. The fourth-order valence-corrected chi connectivity index (χ4v) is 4.63. The average Bonchev–Trinajstić information content (AvgIpc) is 3.26. The van der Waals surface area contributed by atoms with Crippen molar-refractivity contribution in [2.75, 3.05) is 24.5 Å². The number of nitrogens with one attached hydrogen (secondary N) is 1. The summed E-state index contributed by atoms with van der Waals surface area (Å²) in [7, 11) is 0. The summed E-state index contributed by atoms with van der Waals surface area (Å²) < 4.78 is 0. The third-order valence-electron chi connectivity index (χ3n) is 5.33. The van der Waals surface area contributed by atoms with Gasteiger partial charge in [0.15, 0.2) is 0 Å². The van der Waals surface area contributed by atoms with E-state index in [4.69, 9.17) is 0 Å². The van der Waals surface area contributed by atoms with Crippen molar-refractivity contribution in [3.05, 3.63) is 32.9 Å². The first-order chi connectivity index (χ1) is 13.4. The maximum absolute atomic E-state index is 12.9. The molecule has 0 spiro atoms. The van der Waals surface area contributed by atoms with E-state index in [0.717, 1.165) is 23.5 Å². The van der Waals surface area contributed by atoms with Gasteiger partial charge >= 0.3 is 0 Å². The third kappa shape index (κ3) is 3.68. The van der Waals surface area contributed by atoms with Gasteiger partial charge in [-0.15, -0.1) is 10.2 Å². The fraction of sp³-hybridized carbons (Fsp3) is 0.556. The number of carbonyl (C=O) groups is 2. The molecule has 10 heteroatoms. The van der Waals surface area contributed by atoms with Crippen LogP contribution in [-0.2, 0) is 9.59 Å². The van der Waals surface area contributed by atoms with E-state index >= 15 is 0 Å². The Bertz CT molecular complexity index is 962. The minimum atomic E-state index is -0.340. The summed E-state index contributed by atoms with van der Waals surface area (Å²) in [4.78, 5) is 47.4. The average molecular weight is 402 g/mol. The summed E-state index contributed by atoms with van der Waals surface area (Å²) in [5.41, 5.74) is 0.652. The van der Waals surface area contributed by atoms with Crippen LogP contribution in [0.2, 0.25) is 0 Å². The SMILES string of the molecule is Cc1nc(C2CCN(C(=O)C3CC(=O)N(c4nnc(C)s4)C3)CC2)cc(=O)[nH]1. The van der Waals surface area contributed by atoms with Gasteiger partial charge in [-0.1, -0.05) is 11.3 Å². The van der Waals surface area contributed by atoms with E-state index in [1.807, 2.05) is 11.8 Å². The standard InChI is InChI=1S/C18H22N6O3S/c1-10-19-14(8-15(25)20-10)12-3-5-23(6-4-12)17(27)13-7-16(26)24(9-13)18-22-21-11(2)28-18/h8,12-13H,3-7,9H2,1-2H3,(H,19,20,25). The van der Waals surface area contributed by atoms with Crippen LogP contribution in [0, 0.1) is 19.8 Å². The molecule has 2 aliphatic rings. The predicted octanol–water partition coefficient (Wildman–Crippen LogP) is 0.997. The number of hydrogen-bond donors (Lipinski definition) is 1. The third-order valence-corrected chi connectivity index (χ3v) is 6.19. The molecule has 1 N–H and O–H groups in total. The molecule has 1 atom stereocenters. The molecule has 2 aromatic heterocycles. The fourth-order valence-electron chi connectivity index (χ4n) is 3.92. The number of anilines is 1. The Morgan fingerprint density at radius 1 is 1.21 bits per heavy atom. The van der Waals surface area contributed by atoms with Crippen molar-refractivity contribution in [3.8, 4) is 0 Å². The van der Waals surface area contributed by atoms with Gasteiger partial charge in [0.2, 0.25) is 16.9 Å². The highest BCUT2D eigenvalue weighted by Crippen LogP contribution is 2.31. The smallest absolute Gasteiger partial charge is 0.251 e. The van der Waals surface area contributed by atoms with Gasteiger partial charge < -0.3 is 9.88 Å². The van der Waals surface area contributed by atoms with Crippen molar-refractivity contribution < 1.29 is 9.59 Å². The summed E-state index contributed by atoms with van der Waals surface area (Å²) in [5, 5.41) is 9.34. The molecule has 9 nitrogen and oxygen atoms in total. The number of nitrogens with zero attached hydrogens (tertiary/aromatic N) is 5.